The van der Waals surface area contributed by atoms with Crippen molar-refractivity contribution < 1.29 is 0 Å². The SMILES string of the molecule is CCNc1cc(Nc2ccc(Br)cc2CC)nc(C)n1. The summed E-state index contributed by atoms with van der Waals surface area (Å²) < 4.78 is 1.09. The summed E-state index contributed by atoms with van der Waals surface area (Å²) in [7, 11) is 0. The third-order valence-corrected chi connectivity index (χ3v) is 3.40. The zero-order chi connectivity index (χ0) is 14.5. The van der Waals surface area contributed by atoms with Crippen LogP contribution in [0.2, 0.25) is 0 Å². The molecule has 0 bridgehead atoms. The van der Waals surface area contributed by atoms with Crippen LogP contribution >= 0.6 is 15.9 Å². The molecule has 0 unspecified atom stereocenters. The first kappa shape index (κ1) is 14.8. The third-order valence-electron chi connectivity index (χ3n) is 2.91. The normalized spacial score (nSPS) is 10.4. The van der Waals surface area contributed by atoms with E-state index < -0.39 is 0 Å². The van der Waals surface area contributed by atoms with E-state index in [1.807, 2.05) is 19.1 Å². The summed E-state index contributed by atoms with van der Waals surface area (Å²) in [5, 5.41) is 6.59. The molecule has 4 nitrogen and oxygen atoms in total. The van der Waals surface area contributed by atoms with Gasteiger partial charge >= 0.3 is 0 Å². The van der Waals surface area contributed by atoms with Gasteiger partial charge in [0.25, 0.3) is 0 Å². The molecule has 20 heavy (non-hydrogen) atoms. The molecule has 106 valence electrons. The number of benzene rings is 1. The molecular weight excluding hydrogens is 316 g/mol. The van der Waals surface area contributed by atoms with Gasteiger partial charge < -0.3 is 10.6 Å². The summed E-state index contributed by atoms with van der Waals surface area (Å²) in [6.45, 7) is 6.93. The summed E-state index contributed by atoms with van der Waals surface area (Å²) >= 11 is 3.50. The summed E-state index contributed by atoms with van der Waals surface area (Å²) in [5.41, 5.74) is 2.33. The molecule has 0 aliphatic heterocycles. The molecule has 1 heterocycles. The van der Waals surface area contributed by atoms with Gasteiger partial charge in [0.05, 0.1) is 0 Å². The predicted molar refractivity (Wildman–Crippen MR) is 87.7 cm³/mol. The van der Waals surface area contributed by atoms with E-state index in [-0.39, 0.29) is 0 Å². The smallest absolute Gasteiger partial charge is 0.136 e. The number of nitrogens with zero attached hydrogens (tertiary/aromatic N) is 2. The predicted octanol–water partition coefficient (Wildman–Crippen LogP) is 4.29. The maximum Gasteiger partial charge on any atom is 0.136 e. The molecule has 2 rings (SSSR count). The van der Waals surface area contributed by atoms with E-state index in [0.717, 1.165) is 40.6 Å². The molecule has 0 saturated heterocycles. The molecule has 0 fully saturated rings. The van der Waals surface area contributed by atoms with Crippen LogP contribution < -0.4 is 10.6 Å². The van der Waals surface area contributed by atoms with Crippen LogP contribution in [0.5, 0.6) is 0 Å². The lowest BCUT2D eigenvalue weighted by Gasteiger charge is -2.12. The Morgan fingerprint density at radius 2 is 1.85 bits per heavy atom. The van der Waals surface area contributed by atoms with Crippen LogP contribution in [-0.4, -0.2) is 16.5 Å². The van der Waals surface area contributed by atoms with Crippen molar-refractivity contribution in [2.75, 3.05) is 17.2 Å². The lowest BCUT2D eigenvalue weighted by Crippen LogP contribution is -2.04. The number of nitrogens with one attached hydrogen (secondary N) is 2. The highest BCUT2D eigenvalue weighted by molar-refractivity contribution is 9.10. The lowest BCUT2D eigenvalue weighted by molar-refractivity contribution is 1.04. The Morgan fingerprint density at radius 3 is 2.55 bits per heavy atom. The highest BCUT2D eigenvalue weighted by atomic mass is 79.9. The zero-order valence-electron chi connectivity index (χ0n) is 12.0. The van der Waals surface area contributed by atoms with Gasteiger partial charge in [-0.15, -0.1) is 0 Å². The van der Waals surface area contributed by atoms with Gasteiger partial charge in [0.15, 0.2) is 0 Å². The van der Waals surface area contributed by atoms with Crippen molar-refractivity contribution >= 4 is 33.3 Å². The fourth-order valence-corrected chi connectivity index (χ4v) is 2.43. The molecule has 0 spiro atoms. The van der Waals surface area contributed by atoms with E-state index in [4.69, 9.17) is 0 Å². The van der Waals surface area contributed by atoms with Gasteiger partial charge in [-0.05, 0) is 44.0 Å². The zero-order valence-corrected chi connectivity index (χ0v) is 13.6. The highest BCUT2D eigenvalue weighted by Crippen LogP contribution is 2.25. The molecule has 1 aromatic heterocycles. The molecule has 0 aliphatic carbocycles. The van der Waals surface area contributed by atoms with E-state index in [1.54, 1.807) is 0 Å². The number of rotatable bonds is 5. The average molecular weight is 335 g/mol. The largest absolute Gasteiger partial charge is 0.370 e. The Balaban J connectivity index is 2.29. The number of aromatic nitrogens is 2. The van der Waals surface area contributed by atoms with Crippen molar-refractivity contribution in [2.45, 2.75) is 27.2 Å². The van der Waals surface area contributed by atoms with Crippen molar-refractivity contribution in [1.82, 2.24) is 9.97 Å². The van der Waals surface area contributed by atoms with Crippen LogP contribution in [0.3, 0.4) is 0 Å². The van der Waals surface area contributed by atoms with E-state index in [9.17, 15) is 0 Å². The van der Waals surface area contributed by atoms with Crippen LogP contribution in [0.15, 0.2) is 28.7 Å². The van der Waals surface area contributed by atoms with Crippen LogP contribution in [0.25, 0.3) is 0 Å². The molecular formula is C15H19BrN4. The van der Waals surface area contributed by atoms with E-state index in [0.29, 0.717) is 0 Å². The fraction of sp³-hybridized carbons (Fsp3) is 0.333. The molecule has 0 saturated carbocycles. The standard InChI is InChI=1S/C15H19BrN4/c1-4-11-8-12(16)6-7-13(11)20-15-9-14(17-5-2)18-10(3)19-15/h6-9H,4-5H2,1-3H3,(H2,17,18,19,20). The van der Waals surface area contributed by atoms with E-state index >= 15 is 0 Å². The van der Waals surface area contributed by atoms with Gasteiger partial charge in [0.1, 0.15) is 17.5 Å². The molecule has 2 N–H and O–H groups in total. The van der Waals surface area contributed by atoms with E-state index in [1.165, 1.54) is 5.56 Å². The van der Waals surface area contributed by atoms with Gasteiger partial charge in [-0.2, -0.15) is 0 Å². The topological polar surface area (TPSA) is 49.8 Å². The molecule has 0 amide bonds. The minimum Gasteiger partial charge on any atom is -0.370 e. The quantitative estimate of drug-likeness (QED) is 0.856. The second-order valence-corrected chi connectivity index (χ2v) is 5.41. The Kier molecular flexibility index (Phi) is 4.95. The maximum absolute atomic E-state index is 4.44. The second-order valence-electron chi connectivity index (χ2n) is 4.50. The first-order valence-electron chi connectivity index (χ1n) is 6.77. The minimum atomic E-state index is 0.751. The monoisotopic (exact) mass is 334 g/mol. The number of hydrogen-bond acceptors (Lipinski definition) is 4. The Morgan fingerprint density at radius 1 is 1.10 bits per heavy atom. The van der Waals surface area contributed by atoms with Crippen LogP contribution in [0.1, 0.15) is 25.2 Å². The number of aryl methyl sites for hydroxylation is 2. The lowest BCUT2D eigenvalue weighted by atomic mass is 10.1. The number of hydrogen-bond donors (Lipinski definition) is 2. The van der Waals surface area contributed by atoms with Crippen LogP contribution in [0, 0.1) is 6.92 Å². The third kappa shape index (κ3) is 3.70. The molecule has 0 radical (unpaired) electrons. The first-order valence-corrected chi connectivity index (χ1v) is 7.56. The first-order chi connectivity index (χ1) is 9.62. The molecule has 0 atom stereocenters. The van der Waals surface area contributed by atoms with Gasteiger partial charge in [0, 0.05) is 22.8 Å². The van der Waals surface area contributed by atoms with Crippen LogP contribution in [-0.2, 0) is 6.42 Å². The molecule has 0 aliphatic rings. The van der Waals surface area contributed by atoms with Crippen molar-refractivity contribution in [1.29, 1.82) is 0 Å². The van der Waals surface area contributed by atoms with Gasteiger partial charge in [0.2, 0.25) is 0 Å². The minimum absolute atomic E-state index is 0.751. The number of halogens is 1. The summed E-state index contributed by atoms with van der Waals surface area (Å²) in [5.74, 6) is 2.41. The average Bonchev–Trinajstić information content (AvgIpc) is 2.40. The Labute approximate surface area is 128 Å². The highest BCUT2D eigenvalue weighted by Gasteiger charge is 2.05. The van der Waals surface area contributed by atoms with E-state index in [2.05, 4.69) is 62.5 Å². The molecule has 2 aromatic rings. The summed E-state index contributed by atoms with van der Waals surface area (Å²) in [6.07, 6.45) is 0.964. The summed E-state index contributed by atoms with van der Waals surface area (Å²) in [4.78, 5) is 8.79. The number of anilines is 3. The van der Waals surface area contributed by atoms with Crippen molar-refractivity contribution in [3.05, 3.63) is 40.1 Å². The summed E-state index contributed by atoms with van der Waals surface area (Å²) in [6, 6.07) is 8.15. The second kappa shape index (κ2) is 6.70. The molecule has 5 heteroatoms. The van der Waals surface area contributed by atoms with Crippen LogP contribution in [0.4, 0.5) is 17.3 Å². The maximum atomic E-state index is 4.44. The Bertz CT molecular complexity index is 598. The van der Waals surface area contributed by atoms with Gasteiger partial charge in [-0.1, -0.05) is 22.9 Å². The van der Waals surface area contributed by atoms with Crippen molar-refractivity contribution in [3.63, 3.8) is 0 Å². The van der Waals surface area contributed by atoms with Gasteiger partial charge in [-0.25, -0.2) is 9.97 Å². The Hall–Kier alpha value is -1.62. The molecule has 1 aromatic carbocycles. The van der Waals surface area contributed by atoms with Crippen molar-refractivity contribution in [3.8, 4) is 0 Å². The van der Waals surface area contributed by atoms with Crippen molar-refractivity contribution in [2.24, 2.45) is 0 Å². The fourth-order valence-electron chi connectivity index (χ4n) is 2.02. The van der Waals surface area contributed by atoms with Gasteiger partial charge in [-0.3, -0.25) is 0 Å².